The molecule has 1 N–H and O–H groups in total. The molecule has 5 aromatic rings. The Kier molecular flexibility index (Phi) is 9.67. The number of benzene rings is 4. The molecule has 240 valence electrons. The summed E-state index contributed by atoms with van der Waals surface area (Å²) < 4.78 is 12.3. The van der Waals surface area contributed by atoms with E-state index >= 15 is 0 Å². The first-order chi connectivity index (χ1) is 22.5. The molecular formula is C35H32ClN5O6. The molecule has 1 amide bonds. The van der Waals surface area contributed by atoms with Crippen molar-refractivity contribution in [1.29, 1.82) is 0 Å². The van der Waals surface area contributed by atoms with E-state index in [0.29, 0.717) is 22.2 Å². The third kappa shape index (κ3) is 7.15. The van der Waals surface area contributed by atoms with Gasteiger partial charge in [-0.15, -0.1) is 0 Å². The first-order valence-electron chi connectivity index (χ1n) is 14.7. The molecule has 0 aliphatic carbocycles. The highest BCUT2D eigenvalue weighted by Gasteiger charge is 2.22. The molecule has 0 saturated heterocycles. The molecule has 12 heteroatoms. The predicted octanol–water partition coefficient (Wildman–Crippen LogP) is 7.27. The zero-order valence-electron chi connectivity index (χ0n) is 26.4. The van der Waals surface area contributed by atoms with Crippen LogP contribution < -0.4 is 20.3 Å². The monoisotopic (exact) mass is 653 g/mol. The SMILES string of the molecule is COc1cc(C)c(-c2nc3ccccc3c(=O)n2N=Cc2cc(Cl)c(OCC(=O)Nc3ccc(C)cc3)c([N+](=O)[O-])c2)cc1C(C)C. The number of carbonyl (C=O) groups is 1. The number of hydrogen-bond donors (Lipinski definition) is 1. The molecule has 0 atom stereocenters. The topological polar surface area (TPSA) is 138 Å². The largest absolute Gasteiger partial charge is 0.496 e. The van der Waals surface area contributed by atoms with Crippen LogP contribution in [0.15, 0.2) is 82.7 Å². The van der Waals surface area contributed by atoms with E-state index in [1.165, 1.54) is 23.0 Å². The van der Waals surface area contributed by atoms with Gasteiger partial charge in [-0.25, -0.2) is 4.98 Å². The molecule has 4 aromatic carbocycles. The number of aryl methyl sites for hydroxylation is 2. The molecule has 5 rings (SSSR count). The Labute approximate surface area is 275 Å². The van der Waals surface area contributed by atoms with Gasteiger partial charge in [-0.05, 0) is 73.4 Å². The van der Waals surface area contributed by atoms with E-state index in [9.17, 15) is 19.7 Å². The summed E-state index contributed by atoms with van der Waals surface area (Å²) in [4.78, 5) is 42.4. The number of hydrogen-bond acceptors (Lipinski definition) is 8. The van der Waals surface area contributed by atoms with Gasteiger partial charge in [0.05, 0.1) is 34.2 Å². The lowest BCUT2D eigenvalue weighted by Crippen LogP contribution is -2.21. The van der Waals surface area contributed by atoms with Crippen molar-refractivity contribution in [3.8, 4) is 22.9 Å². The second-order valence-corrected chi connectivity index (χ2v) is 11.6. The third-order valence-electron chi connectivity index (χ3n) is 7.44. The van der Waals surface area contributed by atoms with Crippen molar-refractivity contribution >= 4 is 46.0 Å². The molecule has 0 saturated carbocycles. The summed E-state index contributed by atoms with van der Waals surface area (Å²) in [6.45, 7) is 7.38. The van der Waals surface area contributed by atoms with Gasteiger partial charge in [0.2, 0.25) is 5.75 Å². The van der Waals surface area contributed by atoms with Crippen LogP contribution in [-0.4, -0.2) is 40.4 Å². The average Bonchev–Trinajstić information content (AvgIpc) is 3.04. The summed E-state index contributed by atoms with van der Waals surface area (Å²) >= 11 is 6.44. The zero-order chi connectivity index (χ0) is 33.8. The van der Waals surface area contributed by atoms with E-state index in [1.54, 1.807) is 43.5 Å². The second kappa shape index (κ2) is 13.8. The number of carbonyl (C=O) groups excluding carboxylic acids is 1. The normalized spacial score (nSPS) is 11.3. The van der Waals surface area contributed by atoms with Crippen molar-refractivity contribution < 1.29 is 19.2 Å². The van der Waals surface area contributed by atoms with Crippen LogP contribution in [0.1, 0.15) is 42.0 Å². The van der Waals surface area contributed by atoms with E-state index in [1.807, 2.05) is 52.0 Å². The number of aromatic nitrogens is 2. The van der Waals surface area contributed by atoms with E-state index < -0.39 is 28.7 Å². The van der Waals surface area contributed by atoms with Gasteiger partial charge in [-0.1, -0.05) is 55.3 Å². The summed E-state index contributed by atoms with van der Waals surface area (Å²) in [7, 11) is 1.61. The summed E-state index contributed by atoms with van der Waals surface area (Å²) in [5, 5.41) is 19.4. The van der Waals surface area contributed by atoms with E-state index in [-0.39, 0.29) is 28.1 Å². The Balaban J connectivity index is 1.53. The number of rotatable bonds is 10. The second-order valence-electron chi connectivity index (χ2n) is 11.2. The van der Waals surface area contributed by atoms with Gasteiger partial charge in [-0.3, -0.25) is 19.7 Å². The summed E-state index contributed by atoms with van der Waals surface area (Å²) in [5.41, 5.74) is 3.80. The number of nitrogens with zero attached hydrogens (tertiary/aromatic N) is 4. The van der Waals surface area contributed by atoms with Crippen LogP contribution in [0.3, 0.4) is 0 Å². The molecule has 1 aromatic heterocycles. The lowest BCUT2D eigenvalue weighted by Gasteiger charge is -2.17. The van der Waals surface area contributed by atoms with Crippen molar-refractivity contribution in [2.24, 2.45) is 5.10 Å². The highest BCUT2D eigenvalue weighted by molar-refractivity contribution is 6.32. The number of methoxy groups -OCH3 is 1. The minimum atomic E-state index is -0.667. The summed E-state index contributed by atoms with van der Waals surface area (Å²) in [6.07, 6.45) is 1.29. The van der Waals surface area contributed by atoms with Crippen molar-refractivity contribution in [2.45, 2.75) is 33.6 Å². The lowest BCUT2D eigenvalue weighted by atomic mass is 9.96. The maximum absolute atomic E-state index is 13.8. The van der Waals surface area contributed by atoms with Crippen LogP contribution in [0, 0.1) is 24.0 Å². The highest BCUT2D eigenvalue weighted by Crippen LogP contribution is 2.37. The quantitative estimate of drug-likeness (QED) is 0.0950. The van der Waals surface area contributed by atoms with E-state index in [4.69, 9.17) is 26.1 Å². The smallest absolute Gasteiger partial charge is 0.313 e. The van der Waals surface area contributed by atoms with Crippen molar-refractivity contribution in [3.63, 3.8) is 0 Å². The number of halogens is 1. The first kappa shape index (κ1) is 32.8. The Morgan fingerprint density at radius 3 is 2.51 bits per heavy atom. The first-order valence-corrected chi connectivity index (χ1v) is 15.1. The van der Waals surface area contributed by atoms with Crippen molar-refractivity contribution in [1.82, 2.24) is 9.66 Å². The predicted molar refractivity (Wildman–Crippen MR) is 183 cm³/mol. The molecule has 0 fully saturated rings. The van der Waals surface area contributed by atoms with Crippen LogP contribution >= 0.6 is 11.6 Å². The number of nitro groups is 1. The molecular weight excluding hydrogens is 622 g/mol. The summed E-state index contributed by atoms with van der Waals surface area (Å²) in [6, 6.07) is 20.5. The number of ether oxygens (including phenoxy) is 2. The zero-order valence-corrected chi connectivity index (χ0v) is 27.2. The van der Waals surface area contributed by atoms with Crippen LogP contribution in [-0.2, 0) is 4.79 Å². The van der Waals surface area contributed by atoms with E-state index in [0.717, 1.165) is 22.4 Å². The lowest BCUT2D eigenvalue weighted by molar-refractivity contribution is -0.385. The van der Waals surface area contributed by atoms with E-state index in [2.05, 4.69) is 10.4 Å². The molecule has 0 radical (unpaired) electrons. The van der Waals surface area contributed by atoms with Crippen LogP contribution in [0.25, 0.3) is 22.3 Å². The molecule has 11 nitrogen and oxygen atoms in total. The summed E-state index contributed by atoms with van der Waals surface area (Å²) in [5.74, 6) is 0.331. The van der Waals surface area contributed by atoms with Gasteiger partial charge in [-0.2, -0.15) is 9.78 Å². The number of para-hydroxylation sites is 1. The maximum Gasteiger partial charge on any atom is 0.313 e. The number of anilines is 1. The van der Waals surface area contributed by atoms with Crippen LogP contribution in [0.5, 0.6) is 11.5 Å². The molecule has 0 unspecified atom stereocenters. The van der Waals surface area contributed by atoms with Crippen molar-refractivity contribution in [2.75, 3.05) is 19.0 Å². The minimum absolute atomic E-state index is 0.111. The molecule has 0 aliphatic rings. The molecule has 0 spiro atoms. The van der Waals surface area contributed by atoms with Crippen molar-refractivity contribution in [3.05, 3.63) is 121 Å². The Morgan fingerprint density at radius 2 is 1.83 bits per heavy atom. The maximum atomic E-state index is 13.8. The van der Waals surface area contributed by atoms with Gasteiger partial charge >= 0.3 is 5.69 Å². The van der Waals surface area contributed by atoms with Gasteiger partial charge in [0.15, 0.2) is 12.4 Å². The fourth-order valence-electron chi connectivity index (χ4n) is 5.02. The van der Waals surface area contributed by atoms with Gasteiger partial charge in [0.1, 0.15) is 5.75 Å². The fraction of sp³-hybridized carbons (Fsp3) is 0.200. The van der Waals surface area contributed by atoms with Gasteiger partial charge in [0.25, 0.3) is 11.5 Å². The van der Waals surface area contributed by atoms with Gasteiger partial charge < -0.3 is 14.8 Å². The Morgan fingerprint density at radius 1 is 1.11 bits per heavy atom. The average molecular weight is 654 g/mol. The van der Waals surface area contributed by atoms with Crippen LogP contribution in [0.4, 0.5) is 11.4 Å². The van der Waals surface area contributed by atoms with Crippen LogP contribution in [0.2, 0.25) is 5.02 Å². The fourth-order valence-corrected chi connectivity index (χ4v) is 5.30. The number of nitro benzene ring substituents is 1. The number of nitrogens with one attached hydrogen (secondary N) is 1. The Bertz CT molecular complexity index is 2090. The number of fused-ring (bicyclic) bond motifs is 1. The molecule has 1 heterocycles. The third-order valence-corrected chi connectivity index (χ3v) is 7.72. The molecule has 0 aliphatic heterocycles. The number of amides is 1. The Hall–Kier alpha value is -5.55. The highest BCUT2D eigenvalue weighted by atomic mass is 35.5. The minimum Gasteiger partial charge on any atom is -0.496 e. The molecule has 0 bridgehead atoms. The standard InChI is InChI=1S/C35H32ClN5O6/c1-20(2)26-17-27(22(4)14-31(26)46-5)34-39-29-9-7-6-8-25(29)35(43)40(34)37-18-23-15-28(36)33(30(16-23)41(44)45)47-19-32(42)38-24-12-10-21(3)11-13-24/h6-18,20H,19H2,1-5H3,(H,38,42). The van der Waals surface area contributed by atoms with Gasteiger partial charge in [0, 0.05) is 22.9 Å². The molecule has 47 heavy (non-hydrogen) atoms.